The molecule has 0 unspecified atom stereocenters. The summed E-state index contributed by atoms with van der Waals surface area (Å²) in [7, 11) is -3.54. The first-order chi connectivity index (χ1) is 7.94. The lowest BCUT2D eigenvalue weighted by Gasteiger charge is -2.13. The van der Waals surface area contributed by atoms with Crippen LogP contribution in [0.25, 0.3) is 0 Å². The van der Waals surface area contributed by atoms with E-state index in [4.69, 9.17) is 5.11 Å². The number of H-pyrrole nitrogens is 1. The molecule has 1 atom stereocenters. The minimum atomic E-state index is -3.54. The van der Waals surface area contributed by atoms with Crippen molar-refractivity contribution in [3.63, 3.8) is 0 Å². The average molecular weight is 261 g/mol. The summed E-state index contributed by atoms with van der Waals surface area (Å²) < 4.78 is 25.1. The van der Waals surface area contributed by atoms with Gasteiger partial charge in [-0.05, 0) is 6.42 Å². The molecule has 7 nitrogen and oxygen atoms in total. The van der Waals surface area contributed by atoms with Gasteiger partial charge in [-0.1, -0.05) is 6.92 Å². The summed E-state index contributed by atoms with van der Waals surface area (Å²) >= 11 is 0. The van der Waals surface area contributed by atoms with E-state index in [1.165, 1.54) is 12.5 Å². The molecule has 1 rings (SSSR count). The lowest BCUT2D eigenvalue weighted by atomic mass is 10.2. The van der Waals surface area contributed by atoms with Crippen molar-refractivity contribution in [3.8, 4) is 0 Å². The molecular formula is C9H15N3O4S. The van der Waals surface area contributed by atoms with Crippen LogP contribution in [-0.2, 0) is 21.2 Å². The van der Waals surface area contributed by atoms with Crippen molar-refractivity contribution < 1.29 is 18.3 Å². The van der Waals surface area contributed by atoms with E-state index in [-0.39, 0.29) is 12.2 Å². The number of rotatable bonds is 7. The Kier molecular flexibility index (Phi) is 4.64. The average Bonchev–Trinajstić information content (AvgIpc) is 2.68. The van der Waals surface area contributed by atoms with E-state index in [2.05, 4.69) is 14.7 Å². The van der Waals surface area contributed by atoms with Crippen molar-refractivity contribution in [2.45, 2.75) is 25.8 Å². The predicted molar refractivity (Wildman–Crippen MR) is 60.9 cm³/mol. The first-order valence-corrected chi connectivity index (χ1v) is 6.80. The van der Waals surface area contributed by atoms with Crippen LogP contribution in [0.1, 0.15) is 19.0 Å². The number of nitrogens with one attached hydrogen (secondary N) is 2. The Labute approximate surface area is 99.3 Å². The Bertz CT molecular complexity index is 455. The molecule has 8 heteroatoms. The highest BCUT2D eigenvalue weighted by Crippen LogP contribution is 2.01. The molecule has 17 heavy (non-hydrogen) atoms. The standard InChI is InChI=1S/C9H15N3O4S/c1-2-3-17(15,16)12-8(9(13)14)4-7-5-10-6-11-7/h5-6,8,12H,2-4H2,1H3,(H,10,11)(H,13,14)/t8-/m1/s1. The summed E-state index contributed by atoms with van der Waals surface area (Å²) in [6.07, 6.45) is 3.35. The predicted octanol–water partition coefficient (Wildman–Crippen LogP) is -0.265. The van der Waals surface area contributed by atoms with E-state index < -0.39 is 22.0 Å². The SMILES string of the molecule is CCCS(=O)(=O)N[C@H](Cc1cnc[nH]1)C(=O)O. The van der Waals surface area contributed by atoms with Gasteiger partial charge in [0.15, 0.2) is 0 Å². The van der Waals surface area contributed by atoms with Crippen LogP contribution in [0.4, 0.5) is 0 Å². The van der Waals surface area contributed by atoms with Crippen LogP contribution >= 0.6 is 0 Å². The van der Waals surface area contributed by atoms with Crippen molar-refractivity contribution >= 4 is 16.0 Å². The molecule has 0 saturated heterocycles. The molecule has 0 aromatic carbocycles. The van der Waals surface area contributed by atoms with Crippen LogP contribution in [0.3, 0.4) is 0 Å². The number of hydrogen-bond acceptors (Lipinski definition) is 4. The third-order valence-corrected chi connectivity index (χ3v) is 3.66. The lowest BCUT2D eigenvalue weighted by molar-refractivity contribution is -0.138. The number of nitrogens with zero attached hydrogens (tertiary/aromatic N) is 1. The van der Waals surface area contributed by atoms with Gasteiger partial charge in [-0.3, -0.25) is 4.79 Å². The van der Waals surface area contributed by atoms with Crippen LogP contribution in [0.2, 0.25) is 0 Å². The number of aliphatic carboxylic acids is 1. The molecule has 96 valence electrons. The van der Waals surface area contributed by atoms with Crippen LogP contribution in [0.5, 0.6) is 0 Å². The fourth-order valence-electron chi connectivity index (χ4n) is 1.34. The summed E-state index contributed by atoms with van der Waals surface area (Å²) in [4.78, 5) is 17.4. The van der Waals surface area contributed by atoms with Gasteiger partial charge < -0.3 is 10.1 Å². The van der Waals surface area contributed by atoms with E-state index >= 15 is 0 Å². The Hall–Kier alpha value is -1.41. The minimum absolute atomic E-state index is 0.0400. The highest BCUT2D eigenvalue weighted by molar-refractivity contribution is 7.89. The van der Waals surface area contributed by atoms with Gasteiger partial charge in [-0.2, -0.15) is 0 Å². The second-order valence-corrected chi connectivity index (χ2v) is 5.48. The fraction of sp³-hybridized carbons (Fsp3) is 0.556. The molecule has 0 amide bonds. The first kappa shape index (κ1) is 13.7. The van der Waals surface area contributed by atoms with E-state index in [1.807, 2.05) is 0 Å². The van der Waals surface area contributed by atoms with Crippen molar-refractivity contribution in [3.05, 3.63) is 18.2 Å². The number of carboxylic acid groups (broad SMARTS) is 1. The zero-order chi connectivity index (χ0) is 12.9. The summed E-state index contributed by atoms with van der Waals surface area (Å²) in [5.41, 5.74) is 0.566. The Morgan fingerprint density at radius 1 is 1.65 bits per heavy atom. The maximum atomic E-state index is 11.5. The number of aromatic nitrogens is 2. The Morgan fingerprint density at radius 3 is 2.82 bits per heavy atom. The summed E-state index contributed by atoms with van der Waals surface area (Å²) in [6.45, 7) is 1.71. The van der Waals surface area contributed by atoms with E-state index in [9.17, 15) is 13.2 Å². The Morgan fingerprint density at radius 2 is 2.35 bits per heavy atom. The number of imidazole rings is 1. The number of carboxylic acids is 1. The molecule has 0 saturated carbocycles. The lowest BCUT2D eigenvalue weighted by Crippen LogP contribution is -2.43. The summed E-state index contributed by atoms with van der Waals surface area (Å²) in [6, 6.07) is -1.17. The van der Waals surface area contributed by atoms with Crippen molar-refractivity contribution in [1.29, 1.82) is 0 Å². The second-order valence-electron chi connectivity index (χ2n) is 3.61. The smallest absolute Gasteiger partial charge is 0.322 e. The van der Waals surface area contributed by atoms with E-state index in [0.717, 1.165) is 0 Å². The van der Waals surface area contributed by atoms with Gasteiger partial charge in [-0.25, -0.2) is 18.1 Å². The van der Waals surface area contributed by atoms with Gasteiger partial charge in [0.25, 0.3) is 0 Å². The maximum absolute atomic E-state index is 11.5. The van der Waals surface area contributed by atoms with E-state index in [0.29, 0.717) is 12.1 Å². The summed E-state index contributed by atoms with van der Waals surface area (Å²) in [5, 5.41) is 8.94. The number of hydrogen-bond donors (Lipinski definition) is 3. The molecule has 0 radical (unpaired) electrons. The largest absolute Gasteiger partial charge is 0.480 e. The molecule has 0 aliphatic heterocycles. The van der Waals surface area contributed by atoms with Gasteiger partial charge in [-0.15, -0.1) is 0 Å². The molecule has 0 bridgehead atoms. The minimum Gasteiger partial charge on any atom is -0.480 e. The van der Waals surface area contributed by atoms with Gasteiger partial charge in [0, 0.05) is 18.3 Å². The van der Waals surface area contributed by atoms with Crippen LogP contribution in [-0.4, -0.2) is 41.3 Å². The van der Waals surface area contributed by atoms with E-state index in [1.54, 1.807) is 6.92 Å². The van der Waals surface area contributed by atoms with Crippen LogP contribution in [0, 0.1) is 0 Å². The Balaban J connectivity index is 2.71. The maximum Gasteiger partial charge on any atom is 0.322 e. The molecule has 3 N–H and O–H groups in total. The molecule has 0 aliphatic rings. The van der Waals surface area contributed by atoms with Crippen molar-refractivity contribution in [2.75, 3.05) is 5.75 Å². The quantitative estimate of drug-likeness (QED) is 0.625. The van der Waals surface area contributed by atoms with Gasteiger partial charge in [0.2, 0.25) is 10.0 Å². The topological polar surface area (TPSA) is 112 Å². The summed E-state index contributed by atoms with van der Waals surface area (Å²) in [5.74, 6) is -1.29. The second kappa shape index (κ2) is 5.78. The molecule has 1 heterocycles. The zero-order valence-electron chi connectivity index (χ0n) is 9.38. The van der Waals surface area contributed by atoms with Crippen molar-refractivity contribution in [2.24, 2.45) is 0 Å². The third kappa shape index (κ3) is 4.53. The molecule has 0 spiro atoms. The molecule has 1 aromatic heterocycles. The zero-order valence-corrected chi connectivity index (χ0v) is 10.2. The molecular weight excluding hydrogens is 246 g/mol. The number of sulfonamides is 1. The number of aromatic amines is 1. The van der Waals surface area contributed by atoms with Gasteiger partial charge >= 0.3 is 5.97 Å². The van der Waals surface area contributed by atoms with Gasteiger partial charge in [0.05, 0.1) is 12.1 Å². The molecule has 0 aliphatic carbocycles. The van der Waals surface area contributed by atoms with Crippen LogP contribution in [0.15, 0.2) is 12.5 Å². The highest BCUT2D eigenvalue weighted by atomic mass is 32.2. The third-order valence-electron chi connectivity index (χ3n) is 2.07. The normalized spacial score (nSPS) is 13.5. The van der Waals surface area contributed by atoms with Gasteiger partial charge in [0.1, 0.15) is 6.04 Å². The highest BCUT2D eigenvalue weighted by Gasteiger charge is 2.24. The van der Waals surface area contributed by atoms with Crippen molar-refractivity contribution in [1.82, 2.24) is 14.7 Å². The van der Waals surface area contributed by atoms with Crippen LogP contribution < -0.4 is 4.72 Å². The molecule has 0 fully saturated rings. The first-order valence-electron chi connectivity index (χ1n) is 5.14. The molecule has 1 aromatic rings. The monoisotopic (exact) mass is 261 g/mol. The fourth-order valence-corrected chi connectivity index (χ4v) is 2.61. The number of carbonyl (C=O) groups is 1.